The third-order valence-corrected chi connectivity index (χ3v) is 4.85. The molecule has 0 N–H and O–H groups in total. The van der Waals surface area contributed by atoms with Crippen LogP contribution in [-0.2, 0) is 28.5 Å². The van der Waals surface area contributed by atoms with E-state index in [1.54, 1.807) is 27.7 Å². The fourth-order valence-electron chi connectivity index (χ4n) is 3.73. The van der Waals surface area contributed by atoms with E-state index >= 15 is 0 Å². The summed E-state index contributed by atoms with van der Waals surface area (Å²) in [6, 6.07) is 0. The van der Waals surface area contributed by atoms with Crippen molar-refractivity contribution < 1.29 is 28.5 Å². The zero-order chi connectivity index (χ0) is 18.8. The number of rotatable bonds is 5. The number of esters is 2. The molecule has 2 aliphatic rings. The van der Waals surface area contributed by atoms with Crippen LogP contribution in [0.15, 0.2) is 0 Å². The summed E-state index contributed by atoms with van der Waals surface area (Å²) >= 11 is 0. The highest BCUT2D eigenvalue weighted by Crippen LogP contribution is 2.45. The molecule has 0 amide bonds. The van der Waals surface area contributed by atoms with Crippen molar-refractivity contribution in [2.45, 2.75) is 97.4 Å². The Balaban J connectivity index is 2.18. The van der Waals surface area contributed by atoms with Crippen LogP contribution in [0.5, 0.6) is 0 Å². The van der Waals surface area contributed by atoms with Crippen LogP contribution in [0.25, 0.3) is 0 Å². The van der Waals surface area contributed by atoms with Gasteiger partial charge in [0, 0.05) is 12.8 Å². The summed E-state index contributed by atoms with van der Waals surface area (Å²) in [5.41, 5.74) is 0. The summed E-state index contributed by atoms with van der Waals surface area (Å²) in [4.78, 5) is 25.2. The van der Waals surface area contributed by atoms with Crippen LogP contribution in [0.2, 0.25) is 0 Å². The molecule has 144 valence electrons. The second-order valence-corrected chi connectivity index (χ2v) is 7.86. The molecule has 25 heavy (non-hydrogen) atoms. The lowest BCUT2D eigenvalue weighted by molar-refractivity contribution is -0.208. The van der Waals surface area contributed by atoms with Gasteiger partial charge in [-0.1, -0.05) is 0 Å². The van der Waals surface area contributed by atoms with Gasteiger partial charge >= 0.3 is 11.9 Å². The van der Waals surface area contributed by atoms with Gasteiger partial charge in [-0.3, -0.25) is 9.59 Å². The van der Waals surface area contributed by atoms with Gasteiger partial charge in [0.05, 0.1) is 24.4 Å². The molecule has 3 atom stereocenters. The molecule has 0 unspecified atom stereocenters. The highest BCUT2D eigenvalue weighted by molar-refractivity contribution is 5.95. The molecular weight excluding hydrogens is 324 g/mol. The van der Waals surface area contributed by atoms with Crippen LogP contribution in [-0.4, -0.2) is 42.1 Å². The molecule has 0 bridgehead atoms. The molecule has 2 rings (SSSR count). The van der Waals surface area contributed by atoms with Gasteiger partial charge < -0.3 is 18.9 Å². The molecule has 0 aromatic heterocycles. The van der Waals surface area contributed by atoms with E-state index in [1.807, 2.05) is 13.8 Å². The van der Waals surface area contributed by atoms with Gasteiger partial charge in [-0.2, -0.15) is 0 Å². The molecular formula is C19H32O6. The average molecular weight is 356 g/mol. The third kappa shape index (κ3) is 4.94. The zero-order valence-electron chi connectivity index (χ0n) is 16.2. The second-order valence-electron chi connectivity index (χ2n) is 7.86. The van der Waals surface area contributed by atoms with E-state index in [0.29, 0.717) is 6.42 Å². The number of carbonyl (C=O) groups excluding carboxylic acids is 2. The van der Waals surface area contributed by atoms with Gasteiger partial charge in [0.2, 0.25) is 0 Å². The van der Waals surface area contributed by atoms with E-state index in [0.717, 1.165) is 19.3 Å². The first-order valence-electron chi connectivity index (χ1n) is 9.40. The summed E-state index contributed by atoms with van der Waals surface area (Å²) in [6.07, 6.45) is 2.32. The van der Waals surface area contributed by atoms with E-state index in [9.17, 15) is 9.59 Å². The molecule has 1 heterocycles. The first-order chi connectivity index (χ1) is 11.6. The van der Waals surface area contributed by atoms with Crippen molar-refractivity contribution in [2.24, 2.45) is 11.8 Å². The maximum Gasteiger partial charge on any atom is 0.320 e. The van der Waals surface area contributed by atoms with Crippen LogP contribution in [0, 0.1) is 11.8 Å². The van der Waals surface area contributed by atoms with Crippen molar-refractivity contribution >= 4 is 11.9 Å². The minimum Gasteiger partial charge on any atom is -0.462 e. The van der Waals surface area contributed by atoms with Gasteiger partial charge in [-0.05, 0) is 60.3 Å². The number of carbonyl (C=O) groups is 2. The summed E-state index contributed by atoms with van der Waals surface area (Å²) in [5.74, 6) is -2.86. The van der Waals surface area contributed by atoms with Crippen molar-refractivity contribution in [3.8, 4) is 0 Å². The highest BCUT2D eigenvalue weighted by atomic mass is 16.8. The monoisotopic (exact) mass is 356 g/mol. The molecule has 6 heteroatoms. The molecule has 1 saturated heterocycles. The average Bonchev–Trinajstić information content (AvgIpc) is 2.71. The van der Waals surface area contributed by atoms with E-state index < -0.39 is 23.6 Å². The van der Waals surface area contributed by atoms with Crippen LogP contribution in [0.3, 0.4) is 0 Å². The smallest absolute Gasteiger partial charge is 0.320 e. The van der Waals surface area contributed by atoms with E-state index in [1.165, 1.54) is 0 Å². The number of ether oxygens (including phenoxy) is 4. The normalized spacial score (nSPS) is 28.8. The van der Waals surface area contributed by atoms with Crippen LogP contribution < -0.4 is 0 Å². The van der Waals surface area contributed by atoms with E-state index in [4.69, 9.17) is 18.9 Å². The Morgan fingerprint density at radius 2 is 1.44 bits per heavy atom. The van der Waals surface area contributed by atoms with Crippen molar-refractivity contribution in [1.82, 2.24) is 0 Å². The van der Waals surface area contributed by atoms with Crippen LogP contribution in [0.4, 0.5) is 0 Å². The van der Waals surface area contributed by atoms with Gasteiger partial charge in [0.25, 0.3) is 0 Å². The van der Waals surface area contributed by atoms with Crippen LogP contribution >= 0.6 is 0 Å². The minimum absolute atomic E-state index is 0.00225. The fraction of sp³-hybridized carbons (Fsp3) is 0.895. The lowest BCUT2D eigenvalue weighted by Gasteiger charge is -2.38. The summed E-state index contributed by atoms with van der Waals surface area (Å²) in [7, 11) is 0. The standard InChI is InChI=1S/C19H32O6/c1-11(2)22-17(20)16(18(21)23-12(3)4)15-8-7-9-19(10-15)24-13(5)14(6)25-19/h11-16H,7-10H2,1-6H3/t13-,14-,15+/m0/s1. The Morgan fingerprint density at radius 3 is 1.88 bits per heavy atom. The number of hydrogen-bond donors (Lipinski definition) is 0. The van der Waals surface area contributed by atoms with Gasteiger partial charge in [0.1, 0.15) is 0 Å². The first kappa shape index (κ1) is 20.2. The maximum absolute atomic E-state index is 12.6. The maximum atomic E-state index is 12.6. The van der Waals surface area contributed by atoms with Crippen molar-refractivity contribution in [1.29, 1.82) is 0 Å². The summed E-state index contributed by atoms with van der Waals surface area (Å²) in [6.45, 7) is 11.1. The van der Waals surface area contributed by atoms with Gasteiger partial charge in [-0.15, -0.1) is 0 Å². The fourth-order valence-corrected chi connectivity index (χ4v) is 3.73. The Labute approximate surface area is 150 Å². The molecule has 1 saturated carbocycles. The Hall–Kier alpha value is -1.14. The van der Waals surface area contributed by atoms with Gasteiger partial charge in [0.15, 0.2) is 11.7 Å². The van der Waals surface area contributed by atoms with Crippen molar-refractivity contribution in [3.05, 3.63) is 0 Å². The highest BCUT2D eigenvalue weighted by Gasteiger charge is 2.51. The summed E-state index contributed by atoms with van der Waals surface area (Å²) in [5, 5.41) is 0. The second kappa shape index (κ2) is 8.04. The SMILES string of the molecule is CC(C)OC(=O)C(C(=O)OC(C)C)[C@@H]1CCCC2(C1)O[C@@H](C)[C@H](C)O2. The lowest BCUT2D eigenvalue weighted by Crippen LogP contribution is -2.44. The molecule has 6 nitrogen and oxygen atoms in total. The molecule has 1 spiro atoms. The molecule has 0 aromatic rings. The zero-order valence-corrected chi connectivity index (χ0v) is 16.2. The topological polar surface area (TPSA) is 71.1 Å². The molecule has 1 aliphatic heterocycles. The largest absolute Gasteiger partial charge is 0.462 e. The molecule has 0 aromatic carbocycles. The quantitative estimate of drug-likeness (QED) is 0.556. The lowest BCUT2D eigenvalue weighted by atomic mass is 9.77. The van der Waals surface area contributed by atoms with Crippen molar-refractivity contribution in [2.75, 3.05) is 0 Å². The van der Waals surface area contributed by atoms with Crippen LogP contribution in [0.1, 0.15) is 67.2 Å². The Morgan fingerprint density at radius 1 is 0.960 bits per heavy atom. The Kier molecular flexibility index (Phi) is 6.49. The predicted octanol–water partition coefficient (Wildman–Crippen LogP) is 3.22. The molecule has 1 aliphatic carbocycles. The minimum atomic E-state index is -0.930. The third-order valence-electron chi connectivity index (χ3n) is 4.85. The Bertz CT molecular complexity index is 454. The van der Waals surface area contributed by atoms with Crippen molar-refractivity contribution in [3.63, 3.8) is 0 Å². The predicted molar refractivity (Wildman–Crippen MR) is 91.7 cm³/mol. The van der Waals surface area contributed by atoms with Gasteiger partial charge in [-0.25, -0.2) is 0 Å². The van der Waals surface area contributed by atoms with E-state index in [2.05, 4.69) is 0 Å². The number of hydrogen-bond acceptors (Lipinski definition) is 6. The molecule has 0 radical (unpaired) electrons. The van der Waals surface area contributed by atoms with E-state index in [-0.39, 0.29) is 30.3 Å². The summed E-state index contributed by atoms with van der Waals surface area (Å²) < 4.78 is 22.8. The first-order valence-corrected chi connectivity index (χ1v) is 9.40. The molecule has 2 fully saturated rings.